The summed E-state index contributed by atoms with van der Waals surface area (Å²) in [6.45, 7) is 1.92. The zero-order chi connectivity index (χ0) is 19.9. The maximum absolute atomic E-state index is 13.5. The molecule has 0 saturated carbocycles. The molecule has 9 heteroatoms. The van der Waals surface area contributed by atoms with Crippen LogP contribution in [0.1, 0.15) is 18.2 Å². The quantitative estimate of drug-likeness (QED) is 0.465. The number of nitrogens with zero attached hydrogens (tertiary/aromatic N) is 3. The summed E-state index contributed by atoms with van der Waals surface area (Å²) >= 11 is 0.934. The Morgan fingerprint density at radius 1 is 1.54 bits per heavy atom. The molecular formula is C19H20FN5O2S. The summed E-state index contributed by atoms with van der Waals surface area (Å²) in [7, 11) is 0. The number of hydrogen-bond donors (Lipinski definition) is 2. The van der Waals surface area contributed by atoms with E-state index in [0.29, 0.717) is 30.0 Å². The number of carbonyl (C=O) groups is 1. The summed E-state index contributed by atoms with van der Waals surface area (Å²) in [6.07, 6.45) is 6.83. The molecule has 1 atom stereocenters. The molecule has 1 aliphatic rings. The van der Waals surface area contributed by atoms with Crippen LogP contribution in [0.15, 0.2) is 29.3 Å². The van der Waals surface area contributed by atoms with Crippen LogP contribution >= 0.6 is 11.8 Å². The number of ether oxygens (including phenoxy) is 1. The van der Waals surface area contributed by atoms with Gasteiger partial charge in [0.1, 0.15) is 17.6 Å². The highest BCUT2D eigenvalue weighted by molar-refractivity contribution is 8.13. The molecule has 1 fully saturated rings. The number of carbonyl (C=O) groups excluding carboxylic acids is 1. The molecular weight excluding hydrogens is 381 g/mol. The van der Waals surface area contributed by atoms with Gasteiger partial charge in [0.05, 0.1) is 17.7 Å². The number of hydrogen-bond acceptors (Lipinski definition) is 6. The maximum Gasteiger partial charge on any atom is 0.308 e. The van der Waals surface area contributed by atoms with Crippen molar-refractivity contribution in [1.29, 1.82) is 0 Å². The summed E-state index contributed by atoms with van der Waals surface area (Å²) in [6, 6.07) is 5.90. The fourth-order valence-corrected chi connectivity index (χ4v) is 3.37. The van der Waals surface area contributed by atoms with E-state index in [-0.39, 0.29) is 28.7 Å². The van der Waals surface area contributed by atoms with Crippen molar-refractivity contribution in [2.75, 3.05) is 25.4 Å². The van der Waals surface area contributed by atoms with Crippen molar-refractivity contribution >= 4 is 29.2 Å². The summed E-state index contributed by atoms with van der Waals surface area (Å²) in [5, 5.41) is 7.41. The van der Waals surface area contributed by atoms with Crippen molar-refractivity contribution < 1.29 is 13.9 Å². The lowest BCUT2D eigenvalue weighted by atomic mass is 10.0. The van der Waals surface area contributed by atoms with Gasteiger partial charge in [-0.15, -0.1) is 6.42 Å². The highest BCUT2D eigenvalue weighted by Gasteiger charge is 2.29. The van der Waals surface area contributed by atoms with E-state index in [0.717, 1.165) is 31.1 Å². The molecule has 0 aliphatic carbocycles. The second kappa shape index (κ2) is 9.50. The van der Waals surface area contributed by atoms with E-state index in [2.05, 4.69) is 21.3 Å². The summed E-state index contributed by atoms with van der Waals surface area (Å²) in [5.41, 5.74) is 7.30. The van der Waals surface area contributed by atoms with Crippen molar-refractivity contribution in [3.8, 4) is 23.5 Å². The molecule has 2 aromatic rings. The zero-order valence-corrected chi connectivity index (χ0v) is 15.9. The van der Waals surface area contributed by atoms with E-state index in [9.17, 15) is 9.18 Å². The Morgan fingerprint density at radius 3 is 3.04 bits per heavy atom. The number of terminal acetylenes is 1. The Balaban J connectivity index is 2.16. The predicted molar refractivity (Wildman–Crippen MR) is 108 cm³/mol. The number of nitrogens with one attached hydrogen (secondary N) is 1. The first-order valence-corrected chi connectivity index (χ1v) is 9.70. The molecule has 28 heavy (non-hydrogen) atoms. The molecule has 1 unspecified atom stereocenters. The normalized spacial score (nSPS) is 17.4. The fourth-order valence-electron chi connectivity index (χ4n) is 2.92. The minimum atomic E-state index is -0.388. The van der Waals surface area contributed by atoms with Crippen LogP contribution in [0.4, 0.5) is 15.0 Å². The van der Waals surface area contributed by atoms with E-state index < -0.39 is 0 Å². The molecule has 0 amide bonds. The number of halogens is 1. The van der Waals surface area contributed by atoms with Gasteiger partial charge in [-0.2, -0.15) is 9.78 Å². The fraction of sp³-hybridized carbons (Fsp3) is 0.316. The smallest absolute Gasteiger partial charge is 0.308 e. The van der Waals surface area contributed by atoms with E-state index in [1.807, 2.05) is 0 Å². The van der Waals surface area contributed by atoms with Gasteiger partial charge in [0.2, 0.25) is 0 Å². The summed E-state index contributed by atoms with van der Waals surface area (Å²) in [5.74, 6) is 2.50. The molecule has 0 radical (unpaired) electrons. The molecule has 0 bridgehead atoms. The molecule has 2 heterocycles. The van der Waals surface area contributed by atoms with Crippen LogP contribution in [0.5, 0.6) is 0 Å². The van der Waals surface area contributed by atoms with Gasteiger partial charge in [0.25, 0.3) is 0 Å². The number of aromatic nitrogens is 2. The van der Waals surface area contributed by atoms with Gasteiger partial charge in [-0.25, -0.2) is 9.38 Å². The van der Waals surface area contributed by atoms with Gasteiger partial charge in [0.15, 0.2) is 5.82 Å². The van der Waals surface area contributed by atoms with Crippen LogP contribution in [0.3, 0.4) is 0 Å². The SMILES string of the molecule is C#CCSC(=O)n1nc(C2CNCCCO2)c(-c2ccc(F)cc2)c1/N=C\N. The van der Waals surface area contributed by atoms with Gasteiger partial charge >= 0.3 is 5.24 Å². The highest BCUT2D eigenvalue weighted by atomic mass is 32.2. The van der Waals surface area contributed by atoms with Gasteiger partial charge < -0.3 is 15.8 Å². The Morgan fingerprint density at radius 2 is 2.32 bits per heavy atom. The first kappa shape index (κ1) is 20.1. The molecule has 1 aliphatic heterocycles. The lowest BCUT2D eigenvalue weighted by Gasteiger charge is -2.14. The molecule has 1 saturated heterocycles. The van der Waals surface area contributed by atoms with Crippen LogP contribution in [0, 0.1) is 18.2 Å². The lowest BCUT2D eigenvalue weighted by Crippen LogP contribution is -2.21. The molecule has 146 valence electrons. The number of thioether (sulfide) groups is 1. The van der Waals surface area contributed by atoms with E-state index in [1.54, 1.807) is 12.1 Å². The van der Waals surface area contributed by atoms with Crippen LogP contribution < -0.4 is 11.1 Å². The molecule has 1 aromatic carbocycles. The molecule has 0 spiro atoms. The largest absolute Gasteiger partial charge is 0.390 e. The molecule has 7 nitrogen and oxygen atoms in total. The third-order valence-electron chi connectivity index (χ3n) is 4.12. The van der Waals surface area contributed by atoms with Crippen LogP contribution in [0.2, 0.25) is 0 Å². The number of aliphatic imine (C=N–C) groups is 1. The standard InChI is InChI=1S/C19H20FN5O2S/c1-2-10-28-19(26)25-18(23-12-21)16(13-4-6-14(20)7-5-13)17(24-25)15-11-22-8-3-9-27-15/h1,4-7,12,15,22H,3,8-11H2,(H2,21,23). The summed E-state index contributed by atoms with van der Waals surface area (Å²) < 4.78 is 20.6. The van der Waals surface area contributed by atoms with Crippen LogP contribution in [0.25, 0.3) is 11.1 Å². The predicted octanol–water partition coefficient (Wildman–Crippen LogP) is 2.69. The second-order valence-electron chi connectivity index (χ2n) is 5.96. The number of rotatable bonds is 4. The van der Waals surface area contributed by atoms with Crippen molar-refractivity contribution in [3.05, 3.63) is 35.8 Å². The van der Waals surface area contributed by atoms with E-state index in [4.69, 9.17) is 16.9 Å². The lowest BCUT2D eigenvalue weighted by molar-refractivity contribution is 0.0640. The minimum Gasteiger partial charge on any atom is -0.390 e. The number of nitrogens with two attached hydrogens (primary N) is 1. The van der Waals surface area contributed by atoms with Crippen molar-refractivity contribution in [2.45, 2.75) is 12.5 Å². The van der Waals surface area contributed by atoms with Crippen LogP contribution in [-0.4, -0.2) is 46.8 Å². The van der Waals surface area contributed by atoms with Gasteiger partial charge in [-0.05, 0) is 42.4 Å². The monoisotopic (exact) mass is 401 g/mol. The Kier molecular flexibility index (Phi) is 6.81. The third-order valence-corrected chi connectivity index (χ3v) is 4.85. The molecule has 3 rings (SSSR count). The third kappa shape index (κ3) is 4.42. The second-order valence-corrected chi connectivity index (χ2v) is 6.88. The number of benzene rings is 1. The highest BCUT2D eigenvalue weighted by Crippen LogP contribution is 2.38. The first-order chi connectivity index (χ1) is 13.7. The topological polar surface area (TPSA) is 94.5 Å². The molecule has 1 aromatic heterocycles. The van der Waals surface area contributed by atoms with Crippen molar-refractivity contribution in [3.63, 3.8) is 0 Å². The van der Waals surface area contributed by atoms with Crippen molar-refractivity contribution in [2.24, 2.45) is 10.7 Å². The van der Waals surface area contributed by atoms with Gasteiger partial charge in [0, 0.05) is 13.2 Å². The van der Waals surface area contributed by atoms with Gasteiger partial charge in [-0.1, -0.05) is 18.1 Å². The Bertz CT molecular complexity index is 896. The maximum atomic E-state index is 13.5. The minimum absolute atomic E-state index is 0.202. The zero-order valence-electron chi connectivity index (χ0n) is 15.1. The Hall–Kier alpha value is -2.67. The average Bonchev–Trinajstić information content (AvgIpc) is 2.88. The van der Waals surface area contributed by atoms with Gasteiger partial charge in [-0.3, -0.25) is 4.79 Å². The Labute approximate surface area is 166 Å². The molecule has 3 N–H and O–H groups in total. The van der Waals surface area contributed by atoms with E-state index in [1.165, 1.54) is 16.8 Å². The van der Waals surface area contributed by atoms with Crippen molar-refractivity contribution in [1.82, 2.24) is 15.1 Å². The first-order valence-electron chi connectivity index (χ1n) is 8.71. The average molecular weight is 401 g/mol. The van der Waals surface area contributed by atoms with E-state index >= 15 is 0 Å². The summed E-state index contributed by atoms with van der Waals surface area (Å²) in [4.78, 5) is 16.8. The van der Waals surface area contributed by atoms with Crippen LogP contribution in [-0.2, 0) is 4.74 Å².